The SMILES string of the molecule is CCNC(Cc1c(Br)c(CC)nn1C)C(C)(CC)N(C)C. The van der Waals surface area contributed by atoms with Gasteiger partial charge in [0.1, 0.15) is 0 Å². The van der Waals surface area contributed by atoms with Crippen molar-refractivity contribution in [3.63, 3.8) is 0 Å². The van der Waals surface area contributed by atoms with Crippen LogP contribution in [-0.2, 0) is 19.9 Å². The molecule has 1 rings (SSSR count). The Labute approximate surface area is 138 Å². The van der Waals surface area contributed by atoms with Gasteiger partial charge in [-0.15, -0.1) is 0 Å². The van der Waals surface area contributed by atoms with Crippen LogP contribution in [0.15, 0.2) is 4.47 Å². The van der Waals surface area contributed by atoms with E-state index in [9.17, 15) is 0 Å². The van der Waals surface area contributed by atoms with E-state index in [0.717, 1.165) is 31.5 Å². The number of hydrogen-bond acceptors (Lipinski definition) is 3. The lowest BCUT2D eigenvalue weighted by molar-refractivity contribution is 0.112. The quantitative estimate of drug-likeness (QED) is 0.775. The van der Waals surface area contributed by atoms with Gasteiger partial charge in [-0.3, -0.25) is 4.68 Å². The normalized spacial score (nSPS) is 16.2. The first-order valence-corrected chi connectivity index (χ1v) is 8.72. The molecular formula is C16H31BrN4. The van der Waals surface area contributed by atoms with Crippen molar-refractivity contribution in [1.82, 2.24) is 20.0 Å². The van der Waals surface area contributed by atoms with Crippen LogP contribution in [0.2, 0.25) is 0 Å². The molecular weight excluding hydrogens is 328 g/mol. The predicted octanol–water partition coefficient (Wildman–Crippen LogP) is 3.00. The van der Waals surface area contributed by atoms with Crippen LogP contribution in [0.3, 0.4) is 0 Å². The van der Waals surface area contributed by atoms with Crippen molar-refractivity contribution in [2.45, 2.75) is 58.5 Å². The molecule has 0 aliphatic rings. The first-order chi connectivity index (χ1) is 9.81. The van der Waals surface area contributed by atoms with Crippen molar-refractivity contribution in [3.8, 4) is 0 Å². The second-order valence-corrected chi connectivity index (χ2v) is 6.90. The van der Waals surface area contributed by atoms with E-state index in [2.05, 4.69) is 73.0 Å². The van der Waals surface area contributed by atoms with Crippen molar-refractivity contribution in [2.24, 2.45) is 7.05 Å². The van der Waals surface area contributed by atoms with Crippen molar-refractivity contribution < 1.29 is 0 Å². The monoisotopic (exact) mass is 358 g/mol. The fraction of sp³-hybridized carbons (Fsp3) is 0.812. The van der Waals surface area contributed by atoms with Gasteiger partial charge in [0.2, 0.25) is 0 Å². The van der Waals surface area contributed by atoms with E-state index < -0.39 is 0 Å². The highest BCUT2D eigenvalue weighted by molar-refractivity contribution is 9.10. The van der Waals surface area contributed by atoms with Gasteiger partial charge >= 0.3 is 0 Å². The van der Waals surface area contributed by atoms with Gasteiger partial charge in [0, 0.05) is 25.0 Å². The highest BCUT2D eigenvalue weighted by Gasteiger charge is 2.35. The smallest absolute Gasteiger partial charge is 0.0766 e. The van der Waals surface area contributed by atoms with Gasteiger partial charge in [0.05, 0.1) is 15.9 Å². The first-order valence-electron chi connectivity index (χ1n) is 7.92. The molecule has 122 valence electrons. The third-order valence-electron chi connectivity index (χ3n) is 4.84. The molecule has 1 N–H and O–H groups in total. The number of aromatic nitrogens is 2. The highest BCUT2D eigenvalue weighted by atomic mass is 79.9. The first kappa shape index (κ1) is 18.7. The van der Waals surface area contributed by atoms with Crippen molar-refractivity contribution in [3.05, 3.63) is 15.9 Å². The van der Waals surface area contributed by atoms with E-state index in [1.807, 2.05) is 11.7 Å². The average Bonchev–Trinajstić information content (AvgIpc) is 2.72. The van der Waals surface area contributed by atoms with Crippen molar-refractivity contribution in [2.75, 3.05) is 20.6 Å². The van der Waals surface area contributed by atoms with Crippen LogP contribution in [0, 0.1) is 0 Å². The molecule has 0 radical (unpaired) electrons. The van der Waals surface area contributed by atoms with Gasteiger partial charge in [-0.2, -0.15) is 5.10 Å². The number of nitrogens with zero attached hydrogens (tertiary/aromatic N) is 3. The lowest BCUT2D eigenvalue weighted by atomic mass is 9.85. The summed E-state index contributed by atoms with van der Waals surface area (Å²) in [5.41, 5.74) is 2.54. The molecule has 2 atom stereocenters. The Morgan fingerprint density at radius 3 is 2.33 bits per heavy atom. The molecule has 0 fully saturated rings. The minimum absolute atomic E-state index is 0.117. The van der Waals surface area contributed by atoms with Gasteiger partial charge in [-0.05, 0) is 56.3 Å². The van der Waals surface area contributed by atoms with Crippen LogP contribution >= 0.6 is 15.9 Å². The number of nitrogens with one attached hydrogen (secondary N) is 1. The molecule has 0 saturated carbocycles. The molecule has 0 aromatic carbocycles. The van der Waals surface area contributed by atoms with Crippen LogP contribution in [0.1, 0.15) is 45.5 Å². The van der Waals surface area contributed by atoms with Gasteiger partial charge in [0.15, 0.2) is 0 Å². The summed E-state index contributed by atoms with van der Waals surface area (Å²) >= 11 is 3.74. The average molecular weight is 359 g/mol. The van der Waals surface area contributed by atoms with E-state index in [1.54, 1.807) is 0 Å². The largest absolute Gasteiger partial charge is 0.312 e. The third-order valence-corrected chi connectivity index (χ3v) is 5.75. The maximum atomic E-state index is 4.62. The van der Waals surface area contributed by atoms with Gasteiger partial charge in [0.25, 0.3) is 0 Å². The minimum Gasteiger partial charge on any atom is -0.312 e. The molecule has 0 aliphatic heterocycles. The second-order valence-electron chi connectivity index (χ2n) is 6.10. The van der Waals surface area contributed by atoms with E-state index in [4.69, 9.17) is 0 Å². The number of likely N-dealkylation sites (N-methyl/N-ethyl adjacent to an activating group) is 2. The van der Waals surface area contributed by atoms with Crippen LogP contribution in [0.25, 0.3) is 0 Å². The van der Waals surface area contributed by atoms with Gasteiger partial charge in [-0.1, -0.05) is 20.8 Å². The Morgan fingerprint density at radius 2 is 1.95 bits per heavy atom. The molecule has 5 heteroatoms. The summed E-state index contributed by atoms with van der Waals surface area (Å²) in [5.74, 6) is 0. The van der Waals surface area contributed by atoms with E-state index >= 15 is 0 Å². The van der Waals surface area contributed by atoms with Crippen LogP contribution in [-0.4, -0.2) is 46.9 Å². The summed E-state index contributed by atoms with van der Waals surface area (Å²) in [5, 5.41) is 8.31. The zero-order chi connectivity index (χ0) is 16.2. The predicted molar refractivity (Wildman–Crippen MR) is 93.8 cm³/mol. The Kier molecular flexibility index (Phi) is 6.88. The zero-order valence-electron chi connectivity index (χ0n) is 14.6. The topological polar surface area (TPSA) is 33.1 Å². The van der Waals surface area contributed by atoms with Crippen LogP contribution in [0.4, 0.5) is 0 Å². The van der Waals surface area contributed by atoms with Gasteiger partial charge < -0.3 is 10.2 Å². The zero-order valence-corrected chi connectivity index (χ0v) is 16.2. The summed E-state index contributed by atoms with van der Waals surface area (Å²) < 4.78 is 3.20. The van der Waals surface area contributed by atoms with E-state index in [0.29, 0.717) is 6.04 Å². The lowest BCUT2D eigenvalue weighted by Crippen LogP contribution is -2.58. The lowest BCUT2D eigenvalue weighted by Gasteiger charge is -2.43. The summed E-state index contributed by atoms with van der Waals surface area (Å²) in [4.78, 5) is 2.34. The Morgan fingerprint density at radius 1 is 1.33 bits per heavy atom. The fourth-order valence-corrected chi connectivity index (χ4v) is 3.65. The van der Waals surface area contributed by atoms with E-state index in [1.165, 1.54) is 10.2 Å². The number of halogens is 1. The molecule has 0 spiro atoms. The van der Waals surface area contributed by atoms with Crippen molar-refractivity contribution in [1.29, 1.82) is 0 Å². The van der Waals surface area contributed by atoms with Crippen LogP contribution < -0.4 is 5.32 Å². The second kappa shape index (κ2) is 7.75. The number of rotatable bonds is 8. The molecule has 0 saturated heterocycles. The third kappa shape index (κ3) is 3.88. The molecule has 0 bridgehead atoms. The highest BCUT2D eigenvalue weighted by Crippen LogP contribution is 2.28. The van der Waals surface area contributed by atoms with E-state index in [-0.39, 0.29) is 5.54 Å². The Bertz CT molecular complexity index is 455. The maximum Gasteiger partial charge on any atom is 0.0766 e. The maximum absolute atomic E-state index is 4.62. The summed E-state index contributed by atoms with van der Waals surface area (Å²) in [6.07, 6.45) is 3.03. The van der Waals surface area contributed by atoms with Crippen LogP contribution in [0.5, 0.6) is 0 Å². The Hall–Kier alpha value is -0.390. The number of aryl methyl sites for hydroxylation is 2. The standard InChI is InChI=1S/C16H31BrN4/c1-8-12-15(17)13(21(7)19-12)11-14(18-10-3)16(4,9-2)20(5)6/h14,18H,8-11H2,1-7H3. The fourth-order valence-electron chi connectivity index (χ4n) is 2.87. The molecule has 0 amide bonds. The summed E-state index contributed by atoms with van der Waals surface area (Å²) in [7, 11) is 6.38. The molecule has 21 heavy (non-hydrogen) atoms. The summed E-state index contributed by atoms with van der Waals surface area (Å²) in [6, 6.07) is 0.388. The summed E-state index contributed by atoms with van der Waals surface area (Å²) in [6.45, 7) is 9.90. The minimum atomic E-state index is 0.117. The molecule has 0 aliphatic carbocycles. The van der Waals surface area contributed by atoms with Gasteiger partial charge in [-0.25, -0.2) is 0 Å². The molecule has 1 heterocycles. The molecule has 2 unspecified atom stereocenters. The molecule has 1 aromatic rings. The Balaban J connectivity index is 3.12. The van der Waals surface area contributed by atoms with Crippen molar-refractivity contribution >= 4 is 15.9 Å². The molecule has 1 aromatic heterocycles. The molecule has 4 nitrogen and oxygen atoms in total. The number of hydrogen-bond donors (Lipinski definition) is 1.